The number of nitrogens with zero attached hydrogens (tertiary/aromatic N) is 4. The standard InChI is InChI=1S/2C41H44N4O2.3C2H6S2.2CH3/c2*1-40(2)34(44(26-24-36(46)42-5)32-22-20-28-14-10-12-16-30(28)38(32)40)18-8-7-9-19-35-41(3,4)39-31-17-13-11-15-29(31)21-23-33(39)45(35)27-25-37(47)43-6;3*1-3-4-2;;/h2*7-23H,24-27H2,1-6H3,(H-,42,43,46,47);3*1-2H3;2*1H3/q;;;;;2*-1/p+2. The normalized spacial score (nSPS) is 15.9. The second kappa shape index (κ2) is 41.3. The van der Waals surface area contributed by atoms with E-state index in [-0.39, 0.29) is 60.1 Å². The summed E-state index contributed by atoms with van der Waals surface area (Å²) in [5.41, 5.74) is 13.5. The summed E-state index contributed by atoms with van der Waals surface area (Å²) in [5.74, 6) is 0.114. The molecule has 0 saturated carbocycles. The zero-order chi connectivity index (χ0) is 76.9. The van der Waals surface area contributed by atoms with Crippen LogP contribution in [0.1, 0.15) is 103 Å². The van der Waals surface area contributed by atoms with E-state index in [0.717, 1.165) is 45.6 Å². The van der Waals surface area contributed by atoms with Crippen molar-refractivity contribution >= 4 is 166 Å². The molecule has 4 heterocycles. The minimum absolute atomic E-state index is 0. The van der Waals surface area contributed by atoms with Crippen LogP contribution in [0, 0.1) is 14.9 Å². The van der Waals surface area contributed by atoms with Crippen molar-refractivity contribution in [3.8, 4) is 0 Å². The third-order valence-electron chi connectivity index (χ3n) is 20.3. The van der Waals surface area contributed by atoms with E-state index in [1.54, 1.807) is 93.0 Å². The molecule has 574 valence electrons. The van der Waals surface area contributed by atoms with Crippen molar-refractivity contribution in [1.29, 1.82) is 0 Å². The van der Waals surface area contributed by atoms with Gasteiger partial charge >= 0.3 is 0 Å². The summed E-state index contributed by atoms with van der Waals surface area (Å²) >= 11 is 0. The fraction of sp³-hybridized carbons (Fsp3) is 0.333. The van der Waals surface area contributed by atoms with Crippen LogP contribution in [0.2, 0.25) is 0 Å². The van der Waals surface area contributed by atoms with Crippen LogP contribution in [0.15, 0.2) is 218 Å². The average molecular weight is 1560 g/mol. The second-order valence-electron chi connectivity index (χ2n) is 27.9. The van der Waals surface area contributed by atoms with Gasteiger partial charge in [0.25, 0.3) is 0 Å². The molecule has 4 aliphatic heterocycles. The maximum absolute atomic E-state index is 12.3. The Kier molecular flexibility index (Phi) is 34.0. The van der Waals surface area contributed by atoms with Crippen LogP contribution in [-0.4, -0.2) is 136 Å². The zero-order valence-corrected chi connectivity index (χ0v) is 72.1. The fourth-order valence-electron chi connectivity index (χ4n) is 15.2. The lowest BCUT2D eigenvalue weighted by Crippen LogP contribution is -2.30. The molecule has 0 aliphatic carbocycles. The van der Waals surface area contributed by atoms with Gasteiger partial charge in [0.15, 0.2) is 24.5 Å². The Bertz CT molecular complexity index is 4450. The SMILES string of the molecule is CNC(=O)CCN1/C(=C/C=C/C=C/C2=[N+](CCC(=O)NC)c3ccc4ccccc4c3C2(C)C)C(C)(C)c2c1ccc1ccccc21.CNC(=O)CCN1/C(=C/C=C/C=C/C2=[N+](CCC(=O)NC)c3ccc4ccccc4c3C2(C)C)C(C)(C)c2c1ccc1ccccc21.CSSC.CSSC.CSSC.[CH3-].[CH3-]. The van der Waals surface area contributed by atoms with Crippen molar-refractivity contribution in [3.63, 3.8) is 0 Å². The number of rotatable bonds is 21. The molecule has 0 saturated heterocycles. The van der Waals surface area contributed by atoms with E-state index in [2.05, 4.69) is 339 Å². The lowest BCUT2D eigenvalue weighted by Gasteiger charge is -2.27. The smallest absolute Gasteiger partial charge is 0.226 e. The predicted molar refractivity (Wildman–Crippen MR) is 484 cm³/mol. The molecule has 108 heavy (non-hydrogen) atoms. The largest absolute Gasteiger partial charge is 0.359 e. The second-order valence-corrected chi connectivity index (χ2v) is 35.9. The Morgan fingerprint density at radius 2 is 0.630 bits per heavy atom. The highest BCUT2D eigenvalue weighted by atomic mass is 33.1. The van der Waals surface area contributed by atoms with Gasteiger partial charge in [0.2, 0.25) is 35.0 Å². The van der Waals surface area contributed by atoms with Crippen molar-refractivity contribution in [3.05, 3.63) is 255 Å². The highest BCUT2D eigenvalue weighted by Gasteiger charge is 2.48. The molecule has 0 unspecified atom stereocenters. The molecule has 0 fully saturated rings. The van der Waals surface area contributed by atoms with Gasteiger partial charge in [0.05, 0.1) is 23.7 Å². The van der Waals surface area contributed by atoms with Crippen LogP contribution >= 0.6 is 64.8 Å². The number of amides is 4. The molecule has 8 aromatic carbocycles. The van der Waals surface area contributed by atoms with Crippen LogP contribution < -0.4 is 31.1 Å². The first kappa shape index (κ1) is 89.1. The summed E-state index contributed by atoms with van der Waals surface area (Å²) < 4.78 is 4.62. The van der Waals surface area contributed by atoms with Gasteiger partial charge in [-0.25, -0.2) is 0 Å². The van der Waals surface area contributed by atoms with Crippen molar-refractivity contribution < 1.29 is 28.3 Å². The van der Waals surface area contributed by atoms with E-state index in [1.165, 1.54) is 65.3 Å². The van der Waals surface area contributed by atoms with Crippen LogP contribution in [0.5, 0.6) is 0 Å². The highest BCUT2D eigenvalue weighted by molar-refractivity contribution is 8.76. The maximum atomic E-state index is 12.3. The van der Waals surface area contributed by atoms with Crippen LogP contribution in [-0.2, 0) is 40.8 Å². The van der Waals surface area contributed by atoms with Gasteiger partial charge in [-0.05, 0) is 156 Å². The summed E-state index contributed by atoms with van der Waals surface area (Å²) in [6.45, 7) is 20.6. The topological polar surface area (TPSA) is 129 Å². The molecule has 0 atom stereocenters. The molecule has 4 aliphatic rings. The van der Waals surface area contributed by atoms with Crippen molar-refractivity contribution in [1.82, 2.24) is 21.3 Å². The highest BCUT2D eigenvalue weighted by Crippen LogP contribution is 2.53. The number of carbonyl (C=O) groups is 4. The fourth-order valence-corrected chi connectivity index (χ4v) is 15.2. The van der Waals surface area contributed by atoms with Crippen LogP contribution in [0.25, 0.3) is 43.1 Å². The van der Waals surface area contributed by atoms with Gasteiger partial charge in [-0.3, -0.25) is 19.2 Å². The summed E-state index contributed by atoms with van der Waals surface area (Å²) in [6, 6.07) is 51.6. The Morgan fingerprint density at radius 3 is 0.926 bits per heavy atom. The number of allylic oxidation sites excluding steroid dienone is 12. The molecule has 4 N–H and O–H groups in total. The molecular formula is C90H114N8O4S6. The Labute approximate surface area is 669 Å². The minimum Gasteiger partial charge on any atom is -0.359 e. The van der Waals surface area contributed by atoms with Crippen molar-refractivity contribution in [2.24, 2.45) is 0 Å². The average Bonchev–Trinajstić information content (AvgIpc) is 1.60. The number of carbonyl (C=O) groups excluding carboxylic acids is 4. The number of anilines is 2. The molecule has 0 aromatic heterocycles. The maximum Gasteiger partial charge on any atom is 0.226 e. The van der Waals surface area contributed by atoms with Crippen molar-refractivity contribution in [2.45, 2.75) is 103 Å². The monoisotopic (exact) mass is 1560 g/mol. The first-order valence-corrected chi connectivity index (χ1v) is 44.9. The predicted octanol–water partition coefficient (Wildman–Crippen LogP) is 20.7. The van der Waals surface area contributed by atoms with E-state index in [1.807, 2.05) is 0 Å². The Balaban J connectivity index is 0.000000289. The summed E-state index contributed by atoms with van der Waals surface area (Å²) in [5, 5.41) is 21.0. The number of hydrogen-bond donors (Lipinski definition) is 4. The van der Waals surface area contributed by atoms with E-state index < -0.39 is 0 Å². The quantitative estimate of drug-likeness (QED) is 0.0237. The molecule has 0 radical (unpaired) electrons. The van der Waals surface area contributed by atoms with Gasteiger partial charge in [0, 0.05) is 123 Å². The summed E-state index contributed by atoms with van der Waals surface area (Å²) in [7, 11) is 17.4. The van der Waals surface area contributed by atoms with E-state index in [9.17, 15) is 19.2 Å². The van der Waals surface area contributed by atoms with Gasteiger partial charge in [-0.1, -0.05) is 238 Å². The Hall–Kier alpha value is -7.84. The third kappa shape index (κ3) is 20.0. The number of fused-ring (bicyclic) bond motifs is 12. The first-order valence-electron chi connectivity index (χ1n) is 36.0. The van der Waals surface area contributed by atoms with Gasteiger partial charge in [0.1, 0.15) is 0 Å². The van der Waals surface area contributed by atoms with E-state index in [0.29, 0.717) is 51.9 Å². The van der Waals surface area contributed by atoms with Crippen LogP contribution in [0.3, 0.4) is 0 Å². The lowest BCUT2D eigenvalue weighted by atomic mass is 9.79. The van der Waals surface area contributed by atoms with Gasteiger partial charge in [-0.2, -0.15) is 9.15 Å². The minimum atomic E-state index is -0.255. The first-order chi connectivity index (χ1) is 50.9. The van der Waals surface area contributed by atoms with E-state index >= 15 is 0 Å². The summed E-state index contributed by atoms with van der Waals surface area (Å²) in [4.78, 5) is 53.9. The molecule has 12 rings (SSSR count). The van der Waals surface area contributed by atoms with Gasteiger partial charge < -0.3 is 45.9 Å². The molecular weight excluding hydrogens is 1450 g/mol. The zero-order valence-electron chi connectivity index (χ0n) is 67.2. The van der Waals surface area contributed by atoms with Gasteiger partial charge in [-0.15, -0.1) is 0 Å². The molecule has 8 aromatic rings. The number of hydrogen-bond acceptors (Lipinski definition) is 12. The van der Waals surface area contributed by atoms with E-state index in [4.69, 9.17) is 0 Å². The molecule has 12 nitrogen and oxygen atoms in total. The van der Waals surface area contributed by atoms with Crippen LogP contribution in [0.4, 0.5) is 22.7 Å². The molecule has 0 spiro atoms. The number of benzene rings is 8. The molecule has 0 bridgehead atoms. The summed E-state index contributed by atoms with van der Waals surface area (Å²) in [6.07, 6.45) is 35.4. The lowest BCUT2D eigenvalue weighted by molar-refractivity contribution is -0.436. The number of nitrogens with one attached hydrogen (secondary N) is 4. The third-order valence-corrected chi connectivity index (χ3v) is 24.3. The molecule has 18 heteroatoms. The molecule has 4 amide bonds. The Morgan fingerprint density at radius 1 is 0.352 bits per heavy atom. The van der Waals surface area contributed by atoms with Crippen molar-refractivity contribution in [2.75, 3.05) is 102 Å².